The van der Waals surface area contributed by atoms with E-state index in [1.165, 1.54) is 19.3 Å². The van der Waals surface area contributed by atoms with Crippen molar-refractivity contribution in [3.63, 3.8) is 0 Å². The second-order valence-corrected chi connectivity index (χ2v) is 5.62. The van der Waals surface area contributed by atoms with E-state index in [2.05, 4.69) is 21.4 Å². The highest BCUT2D eigenvalue weighted by atomic mass is 79.9. The summed E-state index contributed by atoms with van der Waals surface area (Å²) in [4.78, 5) is 0. The fraction of sp³-hybridized carbons (Fsp3) is 0.500. The molecule has 1 fully saturated rings. The largest absolute Gasteiger partial charge is 0.271 e. The van der Waals surface area contributed by atoms with Gasteiger partial charge in [-0.05, 0) is 46.3 Å². The Hall–Kier alpha value is -0.0900. The van der Waals surface area contributed by atoms with Gasteiger partial charge in [0.2, 0.25) is 0 Å². The Bertz CT molecular complexity index is 366. The molecule has 0 saturated heterocycles. The van der Waals surface area contributed by atoms with Gasteiger partial charge in [-0.25, -0.2) is 0 Å². The van der Waals surface area contributed by atoms with Gasteiger partial charge in [0.15, 0.2) is 0 Å². The molecular weight excluding hydrogens is 288 g/mol. The molecule has 1 aliphatic carbocycles. The molecule has 1 aromatic rings. The molecule has 0 amide bonds. The summed E-state index contributed by atoms with van der Waals surface area (Å²) < 4.78 is 0.929. The number of nitrogens with one attached hydrogen (secondary N) is 1. The summed E-state index contributed by atoms with van der Waals surface area (Å²) in [6.45, 7) is 0. The smallest absolute Gasteiger partial charge is 0.0596 e. The molecule has 1 atom stereocenters. The van der Waals surface area contributed by atoms with Crippen molar-refractivity contribution in [3.8, 4) is 0 Å². The predicted molar refractivity (Wildman–Crippen MR) is 71.2 cm³/mol. The first kappa shape index (κ1) is 12.4. The molecule has 2 rings (SSSR count). The minimum absolute atomic E-state index is 0.158. The summed E-state index contributed by atoms with van der Waals surface area (Å²) in [5.74, 6) is 6.52. The van der Waals surface area contributed by atoms with Crippen LogP contribution < -0.4 is 11.3 Å². The number of benzene rings is 1. The lowest BCUT2D eigenvalue weighted by atomic mass is 10.0. The summed E-state index contributed by atoms with van der Waals surface area (Å²) in [7, 11) is 0. The molecule has 88 valence electrons. The fourth-order valence-electron chi connectivity index (χ4n) is 1.93. The summed E-state index contributed by atoms with van der Waals surface area (Å²) in [5, 5.41) is 0.765. The van der Waals surface area contributed by atoms with Crippen LogP contribution in [0.3, 0.4) is 0 Å². The summed E-state index contributed by atoms with van der Waals surface area (Å²) in [6, 6.07) is 6.13. The average Bonchev–Trinajstić information content (AvgIpc) is 3.08. The number of halogens is 2. The van der Waals surface area contributed by atoms with Crippen molar-refractivity contribution < 1.29 is 0 Å². The molecule has 0 spiro atoms. The van der Waals surface area contributed by atoms with Crippen molar-refractivity contribution in [2.45, 2.75) is 31.7 Å². The lowest BCUT2D eigenvalue weighted by Crippen LogP contribution is -2.28. The van der Waals surface area contributed by atoms with Gasteiger partial charge in [-0.1, -0.05) is 36.6 Å². The zero-order valence-electron chi connectivity index (χ0n) is 9.05. The molecule has 0 bridgehead atoms. The molecule has 1 unspecified atom stereocenters. The third-order valence-electron chi connectivity index (χ3n) is 3.12. The minimum atomic E-state index is 0.158. The molecule has 1 aliphatic rings. The van der Waals surface area contributed by atoms with Gasteiger partial charge in [-0.15, -0.1) is 0 Å². The first-order chi connectivity index (χ1) is 7.72. The highest BCUT2D eigenvalue weighted by molar-refractivity contribution is 9.10. The minimum Gasteiger partial charge on any atom is -0.271 e. The van der Waals surface area contributed by atoms with Gasteiger partial charge in [0.25, 0.3) is 0 Å². The maximum atomic E-state index is 6.26. The standard InChI is InChI=1S/C12H16BrClN2/c13-10-3-1-2-9(12(10)14)11(16-15)7-6-8-4-5-8/h1-3,8,11,16H,4-7,15H2. The summed E-state index contributed by atoms with van der Waals surface area (Å²) in [5.41, 5.74) is 3.95. The molecule has 0 aromatic heterocycles. The molecule has 1 aromatic carbocycles. The van der Waals surface area contributed by atoms with Crippen molar-refractivity contribution in [3.05, 3.63) is 33.3 Å². The lowest BCUT2D eigenvalue weighted by molar-refractivity contribution is 0.482. The number of rotatable bonds is 5. The Labute approximate surface area is 110 Å². The zero-order valence-corrected chi connectivity index (χ0v) is 11.4. The topological polar surface area (TPSA) is 38.0 Å². The molecule has 3 N–H and O–H groups in total. The number of nitrogens with two attached hydrogens (primary N) is 1. The molecule has 0 aliphatic heterocycles. The van der Waals surface area contributed by atoms with E-state index in [-0.39, 0.29) is 6.04 Å². The summed E-state index contributed by atoms with van der Waals surface area (Å²) >= 11 is 9.69. The van der Waals surface area contributed by atoms with E-state index in [9.17, 15) is 0 Å². The van der Waals surface area contributed by atoms with E-state index in [1.807, 2.05) is 18.2 Å². The van der Waals surface area contributed by atoms with Gasteiger partial charge in [0.05, 0.1) is 5.02 Å². The second-order valence-electron chi connectivity index (χ2n) is 4.38. The van der Waals surface area contributed by atoms with Gasteiger partial charge < -0.3 is 0 Å². The van der Waals surface area contributed by atoms with Crippen molar-refractivity contribution in [2.75, 3.05) is 0 Å². The van der Waals surface area contributed by atoms with Crippen LogP contribution in [0.25, 0.3) is 0 Å². The van der Waals surface area contributed by atoms with Crippen LogP contribution in [0.4, 0.5) is 0 Å². The van der Waals surface area contributed by atoms with E-state index in [1.54, 1.807) is 0 Å². The van der Waals surface area contributed by atoms with Crippen molar-refractivity contribution >= 4 is 27.5 Å². The van der Waals surface area contributed by atoms with E-state index in [4.69, 9.17) is 17.4 Å². The van der Waals surface area contributed by atoms with Crippen LogP contribution in [0.1, 0.15) is 37.3 Å². The molecule has 4 heteroatoms. The van der Waals surface area contributed by atoms with Crippen LogP contribution >= 0.6 is 27.5 Å². The van der Waals surface area contributed by atoms with Crippen molar-refractivity contribution in [1.29, 1.82) is 0 Å². The number of hydrogen-bond donors (Lipinski definition) is 2. The second kappa shape index (κ2) is 5.50. The Balaban J connectivity index is 2.08. The summed E-state index contributed by atoms with van der Waals surface area (Å²) in [6.07, 6.45) is 5.04. The SMILES string of the molecule is NNC(CCC1CC1)c1cccc(Br)c1Cl. The quantitative estimate of drug-likeness (QED) is 0.641. The van der Waals surface area contributed by atoms with Gasteiger partial charge >= 0.3 is 0 Å². The van der Waals surface area contributed by atoms with Crippen molar-refractivity contribution in [2.24, 2.45) is 11.8 Å². The third kappa shape index (κ3) is 2.98. The highest BCUT2D eigenvalue weighted by Gasteiger charge is 2.23. The van der Waals surface area contributed by atoms with Gasteiger partial charge in [0, 0.05) is 10.5 Å². The van der Waals surface area contributed by atoms with Crippen LogP contribution in [-0.4, -0.2) is 0 Å². The Morgan fingerprint density at radius 2 is 2.25 bits per heavy atom. The van der Waals surface area contributed by atoms with E-state index < -0.39 is 0 Å². The Morgan fingerprint density at radius 1 is 1.50 bits per heavy atom. The lowest BCUT2D eigenvalue weighted by Gasteiger charge is -2.18. The van der Waals surface area contributed by atoms with Crippen LogP contribution in [0.15, 0.2) is 22.7 Å². The average molecular weight is 304 g/mol. The van der Waals surface area contributed by atoms with E-state index in [0.717, 1.165) is 27.4 Å². The van der Waals surface area contributed by atoms with Crippen molar-refractivity contribution in [1.82, 2.24) is 5.43 Å². The van der Waals surface area contributed by atoms with Gasteiger partial charge in [-0.3, -0.25) is 11.3 Å². The van der Waals surface area contributed by atoms with Crippen LogP contribution in [0, 0.1) is 5.92 Å². The normalized spacial score (nSPS) is 17.4. The maximum absolute atomic E-state index is 6.26. The van der Waals surface area contributed by atoms with Gasteiger partial charge in [-0.2, -0.15) is 0 Å². The molecule has 0 heterocycles. The molecule has 16 heavy (non-hydrogen) atoms. The fourth-order valence-corrected chi connectivity index (χ4v) is 2.57. The zero-order chi connectivity index (χ0) is 11.5. The number of hydrogen-bond acceptors (Lipinski definition) is 2. The molecule has 1 saturated carbocycles. The highest BCUT2D eigenvalue weighted by Crippen LogP contribution is 2.37. The molecule has 0 radical (unpaired) electrons. The maximum Gasteiger partial charge on any atom is 0.0596 e. The van der Waals surface area contributed by atoms with E-state index >= 15 is 0 Å². The van der Waals surface area contributed by atoms with Crippen LogP contribution in [0.5, 0.6) is 0 Å². The van der Waals surface area contributed by atoms with Crippen LogP contribution in [-0.2, 0) is 0 Å². The molecular formula is C12H16BrClN2. The molecule has 2 nitrogen and oxygen atoms in total. The van der Waals surface area contributed by atoms with Crippen LogP contribution in [0.2, 0.25) is 5.02 Å². The van der Waals surface area contributed by atoms with E-state index in [0.29, 0.717) is 0 Å². The third-order valence-corrected chi connectivity index (χ3v) is 4.43. The Morgan fingerprint density at radius 3 is 2.88 bits per heavy atom. The first-order valence-corrected chi connectivity index (χ1v) is 6.79. The van der Waals surface area contributed by atoms with Gasteiger partial charge in [0.1, 0.15) is 0 Å². The monoisotopic (exact) mass is 302 g/mol. The number of hydrazine groups is 1. The Kier molecular flexibility index (Phi) is 4.25. The first-order valence-electron chi connectivity index (χ1n) is 5.62. The predicted octanol–water partition coefficient (Wildman–Crippen LogP) is 3.80.